The molecule has 4 rings (SSSR count). The summed E-state index contributed by atoms with van der Waals surface area (Å²) in [6.07, 6.45) is 2.39. The highest BCUT2D eigenvalue weighted by molar-refractivity contribution is 7.88. The molecule has 0 saturated heterocycles. The third-order valence-electron chi connectivity index (χ3n) is 8.07. The Morgan fingerprint density at radius 1 is 1.27 bits per heavy atom. The van der Waals surface area contributed by atoms with E-state index in [1.54, 1.807) is 22.5 Å². The van der Waals surface area contributed by atoms with Crippen molar-refractivity contribution in [2.24, 2.45) is 11.3 Å². The number of benzene rings is 1. The summed E-state index contributed by atoms with van der Waals surface area (Å²) in [7, 11) is -1.95. The van der Waals surface area contributed by atoms with Crippen LogP contribution in [0, 0.1) is 11.3 Å². The molecule has 13 heteroatoms. The van der Waals surface area contributed by atoms with Crippen LogP contribution in [-0.2, 0) is 27.4 Å². The average Bonchev–Trinajstić information content (AvgIpc) is 3.56. The fourth-order valence-corrected chi connectivity index (χ4v) is 7.52. The molecule has 3 atom stereocenters. The van der Waals surface area contributed by atoms with Crippen LogP contribution in [0.1, 0.15) is 63.6 Å². The molecule has 0 radical (unpaired) electrons. The minimum atomic E-state index is -4.61. The Bertz CT molecular complexity index is 1350. The number of nitrogens with zero attached hydrogens (tertiary/aromatic N) is 3. The second kappa shape index (κ2) is 11.5. The lowest BCUT2D eigenvalue weighted by Gasteiger charge is -2.39. The molecular weight excluding hydrogens is 547 g/mol. The zero-order valence-electron chi connectivity index (χ0n) is 23.1. The van der Waals surface area contributed by atoms with Crippen LogP contribution in [0.2, 0.25) is 0 Å². The van der Waals surface area contributed by atoms with Gasteiger partial charge in [-0.15, -0.1) is 0 Å². The summed E-state index contributed by atoms with van der Waals surface area (Å²) in [5, 5.41) is 5.57. The number of sulfonamides is 1. The van der Waals surface area contributed by atoms with Crippen LogP contribution in [0.5, 0.6) is 5.75 Å². The summed E-state index contributed by atoms with van der Waals surface area (Å²) in [5.74, 6) is 0.230. The van der Waals surface area contributed by atoms with E-state index in [0.29, 0.717) is 30.1 Å². The lowest BCUT2D eigenvalue weighted by atomic mass is 9.79. The van der Waals surface area contributed by atoms with Gasteiger partial charge in [-0.2, -0.15) is 17.5 Å². The van der Waals surface area contributed by atoms with Gasteiger partial charge in [0.2, 0.25) is 21.9 Å². The van der Waals surface area contributed by atoms with Gasteiger partial charge in [0.15, 0.2) is 0 Å². The highest BCUT2D eigenvalue weighted by Crippen LogP contribution is 2.64. The van der Waals surface area contributed by atoms with Gasteiger partial charge in [0.05, 0.1) is 30.3 Å². The number of anilines is 3. The van der Waals surface area contributed by atoms with Gasteiger partial charge in [0.1, 0.15) is 5.75 Å². The molecule has 2 N–H and O–H groups in total. The summed E-state index contributed by atoms with van der Waals surface area (Å²) < 4.78 is 73.4. The fraction of sp³-hybridized carbons (Fsp3) is 0.593. The van der Waals surface area contributed by atoms with Crippen molar-refractivity contribution >= 4 is 33.3 Å². The predicted molar refractivity (Wildman–Crippen MR) is 146 cm³/mol. The maximum Gasteiger partial charge on any atom is 0.419 e. The first-order chi connectivity index (χ1) is 18.8. The molecule has 2 fully saturated rings. The molecule has 0 aliphatic heterocycles. The zero-order valence-corrected chi connectivity index (χ0v) is 24.0. The van der Waals surface area contributed by atoms with Crippen LogP contribution >= 0.6 is 0 Å². The van der Waals surface area contributed by atoms with E-state index in [4.69, 9.17) is 4.74 Å². The van der Waals surface area contributed by atoms with E-state index in [0.717, 1.165) is 38.3 Å². The Morgan fingerprint density at radius 2 is 2.02 bits per heavy atom. The standard InChI is InChI=1S/C27H36F3N5O4S/c1-5-35(40(4,37)38)24-8-6-7-13-26(24)15-18(26)9-11-21-20(27(28,29)30)16-31-25(34-21)33-19-10-12-22(32-17(2)36)23(14-19)39-3/h10,12,14,16,18,24H,5-9,11,13,15H2,1-4H3,(H,32,36)(H,31,33,34)/t18-,24-,26+/m1/s1. The number of aromatic nitrogens is 2. The van der Waals surface area contributed by atoms with Gasteiger partial charge in [0.25, 0.3) is 0 Å². The highest BCUT2D eigenvalue weighted by Gasteiger charge is 2.60. The molecule has 1 heterocycles. The number of hydrogen-bond acceptors (Lipinski definition) is 7. The zero-order chi connectivity index (χ0) is 29.3. The monoisotopic (exact) mass is 583 g/mol. The second-order valence-corrected chi connectivity index (χ2v) is 12.6. The number of hydrogen-bond donors (Lipinski definition) is 2. The number of carbonyl (C=O) groups excluding carboxylic acids is 1. The molecule has 1 amide bonds. The smallest absolute Gasteiger partial charge is 0.419 e. The van der Waals surface area contributed by atoms with Gasteiger partial charge in [-0.25, -0.2) is 18.4 Å². The summed E-state index contributed by atoms with van der Waals surface area (Å²) in [6, 6.07) is 4.71. The van der Waals surface area contributed by atoms with Crippen LogP contribution < -0.4 is 15.4 Å². The minimum absolute atomic E-state index is 0.00705. The van der Waals surface area contributed by atoms with Gasteiger partial charge >= 0.3 is 6.18 Å². The van der Waals surface area contributed by atoms with Crippen molar-refractivity contribution in [1.29, 1.82) is 0 Å². The van der Waals surface area contributed by atoms with Crippen molar-refractivity contribution in [1.82, 2.24) is 14.3 Å². The van der Waals surface area contributed by atoms with Gasteiger partial charge < -0.3 is 15.4 Å². The van der Waals surface area contributed by atoms with Gasteiger partial charge in [-0.3, -0.25) is 4.79 Å². The molecule has 2 aromatic rings. The van der Waals surface area contributed by atoms with Crippen LogP contribution in [0.25, 0.3) is 0 Å². The van der Waals surface area contributed by atoms with Crippen LogP contribution in [0.4, 0.5) is 30.5 Å². The van der Waals surface area contributed by atoms with Gasteiger partial charge in [-0.05, 0) is 55.6 Å². The Labute approximate surface area is 233 Å². The largest absolute Gasteiger partial charge is 0.494 e. The predicted octanol–water partition coefficient (Wildman–Crippen LogP) is 5.37. The second-order valence-electron chi connectivity index (χ2n) is 10.7. The van der Waals surface area contributed by atoms with E-state index in [9.17, 15) is 26.4 Å². The number of carbonyl (C=O) groups is 1. The number of rotatable bonds is 10. The number of halogens is 3. The number of nitrogens with one attached hydrogen (secondary N) is 2. The first-order valence-electron chi connectivity index (χ1n) is 13.4. The first kappa shape index (κ1) is 30.0. The van der Waals surface area contributed by atoms with Crippen LogP contribution in [0.3, 0.4) is 0 Å². The molecule has 0 unspecified atom stereocenters. The summed E-state index contributed by atoms with van der Waals surface area (Å²) in [4.78, 5) is 19.6. The third-order valence-corrected chi connectivity index (χ3v) is 9.43. The van der Waals surface area contributed by atoms with Crippen molar-refractivity contribution in [2.45, 2.75) is 71.0 Å². The topological polar surface area (TPSA) is 114 Å². The molecule has 2 aliphatic carbocycles. The molecule has 0 bridgehead atoms. The SMILES string of the molecule is CCN([C@@H]1CCCC[C@@]12C[C@H]2CCc1nc(Nc2ccc(NC(C)=O)c(OC)c2)ncc1C(F)(F)F)S(C)(=O)=O. The molecule has 40 heavy (non-hydrogen) atoms. The molecule has 2 aliphatic rings. The molecular formula is C27H36F3N5O4S. The van der Waals surface area contributed by atoms with E-state index in [1.165, 1.54) is 20.3 Å². The van der Waals surface area contributed by atoms with Crippen LogP contribution in [0.15, 0.2) is 24.4 Å². The molecule has 2 saturated carbocycles. The number of alkyl halides is 3. The Hall–Kier alpha value is -2.93. The molecule has 9 nitrogen and oxygen atoms in total. The van der Waals surface area contributed by atoms with Crippen LogP contribution in [-0.4, -0.2) is 54.6 Å². The lowest BCUT2D eigenvalue weighted by molar-refractivity contribution is -0.138. The summed E-state index contributed by atoms with van der Waals surface area (Å²) >= 11 is 0. The van der Waals surface area contributed by atoms with E-state index in [1.807, 2.05) is 6.92 Å². The maximum atomic E-state index is 13.9. The number of amides is 1. The molecule has 1 aromatic heterocycles. The maximum absolute atomic E-state index is 13.9. The highest BCUT2D eigenvalue weighted by atomic mass is 32.2. The van der Waals surface area contributed by atoms with Crippen molar-refractivity contribution < 1.29 is 31.1 Å². The van der Waals surface area contributed by atoms with E-state index >= 15 is 0 Å². The fourth-order valence-electron chi connectivity index (χ4n) is 6.27. The van der Waals surface area contributed by atoms with Gasteiger partial charge in [-0.1, -0.05) is 19.8 Å². The van der Waals surface area contributed by atoms with E-state index in [-0.39, 0.29) is 41.3 Å². The Kier molecular flexibility index (Phi) is 8.65. The van der Waals surface area contributed by atoms with Crippen molar-refractivity contribution in [3.8, 4) is 5.75 Å². The average molecular weight is 584 g/mol. The quantitative estimate of drug-likeness (QED) is 0.387. The van der Waals surface area contributed by atoms with Crippen molar-refractivity contribution in [2.75, 3.05) is 30.5 Å². The lowest BCUT2D eigenvalue weighted by Crippen LogP contribution is -2.47. The number of ether oxygens (including phenoxy) is 1. The van der Waals surface area contributed by atoms with E-state index < -0.39 is 21.8 Å². The molecule has 1 aromatic carbocycles. The summed E-state index contributed by atoms with van der Waals surface area (Å²) in [6.45, 7) is 3.58. The molecule has 1 spiro atoms. The third kappa shape index (κ3) is 6.51. The Morgan fingerprint density at radius 3 is 2.65 bits per heavy atom. The normalized spacial score (nSPS) is 22.8. The summed E-state index contributed by atoms with van der Waals surface area (Å²) in [5.41, 5.74) is -0.236. The number of aryl methyl sites for hydroxylation is 1. The Balaban J connectivity index is 1.54. The number of methoxy groups -OCH3 is 1. The van der Waals surface area contributed by atoms with Crippen molar-refractivity contribution in [3.05, 3.63) is 35.7 Å². The van der Waals surface area contributed by atoms with E-state index in [2.05, 4.69) is 20.6 Å². The molecule has 220 valence electrons. The van der Waals surface area contributed by atoms with Gasteiger partial charge in [0, 0.05) is 37.5 Å². The minimum Gasteiger partial charge on any atom is -0.494 e. The first-order valence-corrected chi connectivity index (χ1v) is 15.3. The van der Waals surface area contributed by atoms with Crippen molar-refractivity contribution in [3.63, 3.8) is 0 Å².